The average molecular weight is 298 g/mol. The molecule has 0 radical (unpaired) electrons. The first-order chi connectivity index (χ1) is 8.90. The van der Waals surface area contributed by atoms with Crippen LogP contribution in [0, 0.1) is 11.8 Å². The van der Waals surface area contributed by atoms with Gasteiger partial charge in [-0.25, -0.2) is 4.98 Å². The van der Waals surface area contributed by atoms with Crippen molar-refractivity contribution in [3.05, 3.63) is 11.1 Å². The van der Waals surface area contributed by atoms with Gasteiger partial charge in [0.1, 0.15) is 0 Å². The Labute approximate surface area is 122 Å². The van der Waals surface area contributed by atoms with Gasteiger partial charge in [-0.15, -0.1) is 11.8 Å². The minimum Gasteiger partial charge on any atom is -0.395 e. The van der Waals surface area contributed by atoms with Crippen molar-refractivity contribution in [1.29, 1.82) is 0 Å². The van der Waals surface area contributed by atoms with Gasteiger partial charge in [-0.3, -0.25) is 4.79 Å². The predicted octanol–water partition coefficient (Wildman–Crippen LogP) is 2.35. The molecule has 0 aromatic carbocycles. The average Bonchev–Trinajstić information content (AvgIpc) is 2.74. The van der Waals surface area contributed by atoms with E-state index in [1.165, 1.54) is 11.3 Å². The number of thiazole rings is 1. The molecule has 2 N–H and O–H groups in total. The highest BCUT2D eigenvalue weighted by Crippen LogP contribution is 2.23. The van der Waals surface area contributed by atoms with Gasteiger partial charge >= 0.3 is 0 Å². The molecule has 0 fully saturated rings. The van der Waals surface area contributed by atoms with Crippen LogP contribution in [0.3, 0.4) is 0 Å². The van der Waals surface area contributed by atoms with Crippen molar-refractivity contribution in [2.24, 2.45) is 0 Å². The van der Waals surface area contributed by atoms with E-state index >= 15 is 0 Å². The minimum atomic E-state index is -0.0517. The van der Waals surface area contributed by atoms with Gasteiger partial charge < -0.3 is 10.4 Å². The normalized spacial score (nSPS) is 10.7. The van der Waals surface area contributed by atoms with Gasteiger partial charge in [0, 0.05) is 11.2 Å². The van der Waals surface area contributed by atoms with Crippen LogP contribution in [0.4, 0.5) is 5.13 Å². The quantitative estimate of drug-likeness (QED) is 0.838. The van der Waals surface area contributed by atoms with Crippen molar-refractivity contribution >= 4 is 34.1 Å². The molecule has 0 saturated heterocycles. The molecule has 0 aliphatic heterocycles. The number of hydrogen-bond donors (Lipinski definition) is 2. The number of aliphatic hydroxyl groups excluding tert-OH is 1. The van der Waals surface area contributed by atoms with Crippen LogP contribution in [0.5, 0.6) is 0 Å². The number of nitrogens with one attached hydrogen (secondary N) is 1. The number of aromatic nitrogens is 1. The molecule has 1 aromatic rings. The van der Waals surface area contributed by atoms with Crippen LogP contribution < -0.4 is 5.32 Å². The molecule has 1 aromatic heterocycles. The molecule has 0 atom stereocenters. The number of amides is 1. The number of thioether (sulfide) groups is 1. The second-order valence-corrected chi connectivity index (χ2v) is 7.59. The van der Waals surface area contributed by atoms with Gasteiger partial charge in [0.05, 0.1) is 23.4 Å². The lowest BCUT2D eigenvalue weighted by molar-refractivity contribution is -0.113. The summed E-state index contributed by atoms with van der Waals surface area (Å²) in [7, 11) is 0. The lowest BCUT2D eigenvalue weighted by Gasteiger charge is -2.16. The predicted molar refractivity (Wildman–Crippen MR) is 81.5 cm³/mol. The second kappa shape index (κ2) is 7.53. The van der Waals surface area contributed by atoms with Gasteiger partial charge in [0.15, 0.2) is 5.13 Å². The van der Waals surface area contributed by atoms with E-state index in [1.54, 1.807) is 18.0 Å². The van der Waals surface area contributed by atoms with Crippen molar-refractivity contribution in [2.75, 3.05) is 17.7 Å². The fourth-order valence-electron chi connectivity index (χ4n) is 1.03. The number of nitrogens with zero attached hydrogens (tertiary/aromatic N) is 1. The molecular weight excluding hydrogens is 280 g/mol. The van der Waals surface area contributed by atoms with Crippen molar-refractivity contribution in [2.45, 2.75) is 31.9 Å². The fourth-order valence-corrected chi connectivity index (χ4v) is 2.38. The van der Waals surface area contributed by atoms with Gasteiger partial charge in [0.2, 0.25) is 5.91 Å². The molecule has 1 rings (SSSR count). The second-order valence-electron chi connectivity index (χ2n) is 4.75. The zero-order valence-corrected chi connectivity index (χ0v) is 13.0. The van der Waals surface area contributed by atoms with Crippen LogP contribution in [-0.2, 0) is 4.79 Å². The Bertz CT molecular complexity index is 481. The summed E-state index contributed by atoms with van der Waals surface area (Å²) in [5.74, 6) is 6.06. The maximum absolute atomic E-state index is 11.7. The molecule has 104 valence electrons. The number of carbonyl (C=O) groups excluding carboxylic acids is 1. The van der Waals surface area contributed by atoms with E-state index in [1.807, 2.05) is 0 Å². The van der Waals surface area contributed by atoms with Crippen LogP contribution in [0.1, 0.15) is 32.1 Å². The van der Waals surface area contributed by atoms with E-state index in [9.17, 15) is 4.79 Å². The molecule has 6 heteroatoms. The number of rotatable bonds is 4. The van der Waals surface area contributed by atoms with E-state index in [-0.39, 0.29) is 17.3 Å². The number of aliphatic hydroxyl groups is 1. The highest BCUT2D eigenvalue weighted by molar-refractivity contribution is 8.01. The number of anilines is 1. The van der Waals surface area contributed by atoms with E-state index in [0.29, 0.717) is 17.3 Å². The molecule has 0 saturated carbocycles. The van der Waals surface area contributed by atoms with Crippen LogP contribution >= 0.6 is 23.1 Å². The van der Waals surface area contributed by atoms with Crippen molar-refractivity contribution < 1.29 is 9.90 Å². The summed E-state index contributed by atoms with van der Waals surface area (Å²) in [5, 5.41) is 11.9. The topological polar surface area (TPSA) is 62.2 Å². The van der Waals surface area contributed by atoms with Gasteiger partial charge in [-0.2, -0.15) is 0 Å². The molecule has 19 heavy (non-hydrogen) atoms. The van der Waals surface area contributed by atoms with Crippen molar-refractivity contribution in [3.63, 3.8) is 0 Å². The number of carbonyl (C=O) groups is 1. The Kier molecular flexibility index (Phi) is 6.35. The molecule has 1 amide bonds. The molecule has 0 unspecified atom stereocenters. The summed E-state index contributed by atoms with van der Waals surface area (Å²) >= 11 is 2.93. The molecular formula is C13H18N2O2S2. The summed E-state index contributed by atoms with van der Waals surface area (Å²) in [6, 6.07) is 0. The minimum absolute atomic E-state index is 0.0517. The Hall–Kier alpha value is -1.03. The standard InChI is InChI=1S/C13H18N2O2S2/c1-13(2,3)18-9-11(17)15-12-14-8-10(19-12)6-4-5-7-16/h8,16H,5,7,9H2,1-3H3,(H,14,15,17). The van der Waals surface area contributed by atoms with Gasteiger partial charge in [-0.05, 0) is 0 Å². The van der Waals surface area contributed by atoms with E-state index in [0.717, 1.165) is 4.88 Å². The Morgan fingerprint density at radius 2 is 2.32 bits per heavy atom. The summed E-state index contributed by atoms with van der Waals surface area (Å²) in [5.41, 5.74) is 0. The van der Waals surface area contributed by atoms with Gasteiger partial charge in [-0.1, -0.05) is 43.9 Å². The lowest BCUT2D eigenvalue weighted by atomic mass is 10.3. The zero-order chi connectivity index (χ0) is 14.3. The van der Waals surface area contributed by atoms with E-state index in [2.05, 4.69) is 42.9 Å². The SMILES string of the molecule is CC(C)(C)SCC(=O)Nc1ncc(C#CCCO)s1. The Morgan fingerprint density at radius 3 is 2.95 bits per heavy atom. The first-order valence-electron chi connectivity index (χ1n) is 5.90. The molecule has 4 nitrogen and oxygen atoms in total. The van der Waals surface area contributed by atoms with Crippen LogP contribution in [0.25, 0.3) is 0 Å². The van der Waals surface area contributed by atoms with Crippen LogP contribution in [-0.4, -0.2) is 33.1 Å². The summed E-state index contributed by atoms with van der Waals surface area (Å²) in [6.07, 6.45) is 2.07. The molecule has 0 spiro atoms. The molecule has 1 heterocycles. The summed E-state index contributed by atoms with van der Waals surface area (Å²) < 4.78 is 0.0706. The highest BCUT2D eigenvalue weighted by atomic mass is 32.2. The lowest BCUT2D eigenvalue weighted by Crippen LogP contribution is -2.18. The third kappa shape index (κ3) is 7.21. The molecule has 0 bridgehead atoms. The highest BCUT2D eigenvalue weighted by Gasteiger charge is 2.14. The van der Waals surface area contributed by atoms with E-state index in [4.69, 9.17) is 5.11 Å². The molecule has 0 aliphatic carbocycles. The zero-order valence-electron chi connectivity index (χ0n) is 11.3. The monoisotopic (exact) mass is 298 g/mol. The Balaban J connectivity index is 2.46. The first kappa shape index (κ1) is 16.0. The fraction of sp³-hybridized carbons (Fsp3) is 0.538. The number of hydrogen-bond acceptors (Lipinski definition) is 5. The maximum atomic E-state index is 11.7. The van der Waals surface area contributed by atoms with Crippen LogP contribution in [0.2, 0.25) is 0 Å². The third-order valence-electron chi connectivity index (χ3n) is 1.84. The Morgan fingerprint density at radius 1 is 1.58 bits per heavy atom. The first-order valence-corrected chi connectivity index (χ1v) is 7.70. The smallest absolute Gasteiger partial charge is 0.236 e. The van der Waals surface area contributed by atoms with Crippen molar-refractivity contribution in [1.82, 2.24) is 4.98 Å². The molecule has 0 aliphatic rings. The summed E-state index contributed by atoms with van der Waals surface area (Å²) in [6.45, 7) is 6.27. The van der Waals surface area contributed by atoms with Crippen molar-refractivity contribution in [3.8, 4) is 11.8 Å². The van der Waals surface area contributed by atoms with Gasteiger partial charge in [0.25, 0.3) is 0 Å². The van der Waals surface area contributed by atoms with E-state index < -0.39 is 0 Å². The maximum Gasteiger partial charge on any atom is 0.236 e. The summed E-state index contributed by atoms with van der Waals surface area (Å²) in [4.78, 5) is 16.6. The van der Waals surface area contributed by atoms with Crippen LogP contribution in [0.15, 0.2) is 6.20 Å². The largest absolute Gasteiger partial charge is 0.395 e. The third-order valence-corrected chi connectivity index (χ3v) is 3.94.